The van der Waals surface area contributed by atoms with Crippen molar-refractivity contribution in [2.24, 2.45) is 16.6 Å². The van der Waals surface area contributed by atoms with E-state index in [-0.39, 0.29) is 6.04 Å². The van der Waals surface area contributed by atoms with E-state index in [1.807, 2.05) is 6.07 Å². The van der Waals surface area contributed by atoms with Gasteiger partial charge in [0.2, 0.25) is 0 Å². The minimum absolute atomic E-state index is 0.192. The monoisotopic (exact) mass is 279 g/mol. The van der Waals surface area contributed by atoms with E-state index in [2.05, 4.69) is 9.71 Å². The Morgan fingerprint density at radius 3 is 2.84 bits per heavy atom. The molecular weight excluding hydrogens is 262 g/mol. The molecule has 3 rings (SSSR count). The lowest BCUT2D eigenvalue weighted by Crippen LogP contribution is -2.28. The number of amidine groups is 1. The van der Waals surface area contributed by atoms with E-state index in [0.29, 0.717) is 28.8 Å². The molecule has 1 aliphatic heterocycles. The van der Waals surface area contributed by atoms with E-state index in [1.54, 1.807) is 18.2 Å². The number of benzene rings is 1. The van der Waals surface area contributed by atoms with Gasteiger partial charge < -0.3 is 5.73 Å². The van der Waals surface area contributed by atoms with Crippen LogP contribution in [0.2, 0.25) is 0 Å². The molecule has 1 aromatic carbocycles. The van der Waals surface area contributed by atoms with Crippen LogP contribution in [0.1, 0.15) is 24.8 Å². The summed E-state index contributed by atoms with van der Waals surface area (Å²) >= 11 is 0. The second kappa shape index (κ2) is 4.61. The van der Waals surface area contributed by atoms with Crippen molar-refractivity contribution in [3.63, 3.8) is 0 Å². The first-order valence-electron chi connectivity index (χ1n) is 6.50. The Hall–Kier alpha value is -1.40. The molecule has 1 aromatic rings. The number of hydrogen-bond acceptors (Lipinski definition) is 4. The van der Waals surface area contributed by atoms with Crippen LogP contribution in [0.5, 0.6) is 0 Å². The molecule has 0 aromatic heterocycles. The summed E-state index contributed by atoms with van der Waals surface area (Å²) in [5, 5.41) is 0. The zero-order valence-corrected chi connectivity index (χ0v) is 11.4. The third-order valence-corrected chi connectivity index (χ3v) is 5.26. The maximum atomic E-state index is 11.9. The fourth-order valence-electron chi connectivity index (χ4n) is 2.75. The number of sulfonamides is 1. The van der Waals surface area contributed by atoms with Crippen molar-refractivity contribution in [1.82, 2.24) is 4.72 Å². The lowest BCUT2D eigenvalue weighted by molar-refractivity contribution is 0.493. The molecular formula is C13H17N3O2S. The molecule has 2 unspecified atom stereocenters. The number of nitrogens with two attached hydrogens (primary N) is 1. The summed E-state index contributed by atoms with van der Waals surface area (Å²) in [6.45, 7) is 0.591. The van der Waals surface area contributed by atoms with E-state index < -0.39 is 10.0 Å². The van der Waals surface area contributed by atoms with Gasteiger partial charge in [-0.05, 0) is 30.9 Å². The topological polar surface area (TPSA) is 84.5 Å². The molecule has 1 saturated carbocycles. The predicted molar refractivity (Wildman–Crippen MR) is 73.5 cm³/mol. The molecule has 0 spiro atoms. The summed E-state index contributed by atoms with van der Waals surface area (Å²) in [7, 11) is -3.43. The molecule has 0 amide bonds. The van der Waals surface area contributed by atoms with Crippen molar-refractivity contribution in [3.05, 3.63) is 29.8 Å². The van der Waals surface area contributed by atoms with Gasteiger partial charge in [0.25, 0.3) is 10.0 Å². The standard InChI is InChI=1S/C13H17N3O2S/c14-11-6-3-4-9(11)8-15-13-10-5-1-2-7-12(10)19(17,18)16-13/h1-2,5,7,9,11H,3-4,6,8,14H2,(H,15,16). The average Bonchev–Trinajstić information content (AvgIpc) is 2.90. The highest BCUT2D eigenvalue weighted by Gasteiger charge is 2.31. The van der Waals surface area contributed by atoms with Gasteiger partial charge in [0.15, 0.2) is 0 Å². The van der Waals surface area contributed by atoms with Gasteiger partial charge in [-0.3, -0.25) is 9.71 Å². The van der Waals surface area contributed by atoms with Crippen molar-refractivity contribution in [3.8, 4) is 0 Å². The molecule has 19 heavy (non-hydrogen) atoms. The first-order chi connectivity index (χ1) is 9.08. The summed E-state index contributed by atoms with van der Waals surface area (Å²) in [6, 6.07) is 7.10. The lowest BCUT2D eigenvalue weighted by Gasteiger charge is -2.12. The summed E-state index contributed by atoms with van der Waals surface area (Å²) < 4.78 is 26.3. The molecule has 102 valence electrons. The molecule has 1 aliphatic carbocycles. The SMILES string of the molecule is NC1CCCC1CN=C1NS(=O)(=O)c2ccccc21. The Morgan fingerprint density at radius 2 is 2.11 bits per heavy atom. The predicted octanol–water partition coefficient (Wildman–Crippen LogP) is 0.852. The Labute approximate surface area is 113 Å². The van der Waals surface area contributed by atoms with Gasteiger partial charge in [-0.15, -0.1) is 0 Å². The average molecular weight is 279 g/mol. The fraction of sp³-hybridized carbons (Fsp3) is 0.462. The van der Waals surface area contributed by atoms with Crippen molar-refractivity contribution in [2.45, 2.75) is 30.2 Å². The molecule has 0 bridgehead atoms. The maximum Gasteiger partial charge on any atom is 0.263 e. The van der Waals surface area contributed by atoms with Crippen LogP contribution in [0, 0.1) is 5.92 Å². The van der Waals surface area contributed by atoms with Gasteiger partial charge in [-0.25, -0.2) is 8.42 Å². The summed E-state index contributed by atoms with van der Waals surface area (Å²) in [6.07, 6.45) is 3.25. The van der Waals surface area contributed by atoms with Crippen molar-refractivity contribution < 1.29 is 8.42 Å². The Balaban J connectivity index is 1.87. The van der Waals surface area contributed by atoms with Crippen molar-refractivity contribution >= 4 is 15.9 Å². The first-order valence-corrected chi connectivity index (χ1v) is 7.98. The highest BCUT2D eigenvalue weighted by molar-refractivity contribution is 7.90. The molecule has 0 saturated heterocycles. The largest absolute Gasteiger partial charge is 0.327 e. The quantitative estimate of drug-likeness (QED) is 0.841. The summed E-state index contributed by atoms with van der Waals surface area (Å²) in [5.41, 5.74) is 6.66. The van der Waals surface area contributed by atoms with Gasteiger partial charge in [0.1, 0.15) is 5.84 Å². The zero-order valence-electron chi connectivity index (χ0n) is 10.5. The minimum Gasteiger partial charge on any atom is -0.327 e. The number of hydrogen-bond donors (Lipinski definition) is 2. The van der Waals surface area contributed by atoms with Gasteiger partial charge in [0.05, 0.1) is 4.90 Å². The third kappa shape index (κ3) is 2.26. The summed E-state index contributed by atoms with van der Waals surface area (Å²) in [5.74, 6) is 0.819. The second-order valence-corrected chi connectivity index (χ2v) is 6.80. The number of fused-ring (bicyclic) bond motifs is 1. The number of aliphatic imine (C=N–C) groups is 1. The second-order valence-electron chi connectivity index (χ2n) is 5.15. The van der Waals surface area contributed by atoms with Crippen molar-refractivity contribution in [1.29, 1.82) is 0 Å². The molecule has 6 heteroatoms. The van der Waals surface area contributed by atoms with Crippen LogP contribution in [0.25, 0.3) is 0 Å². The lowest BCUT2D eigenvalue weighted by atomic mass is 10.1. The van der Waals surface area contributed by atoms with E-state index in [0.717, 1.165) is 19.3 Å². The third-order valence-electron chi connectivity index (χ3n) is 3.86. The number of rotatable bonds is 2. The molecule has 5 nitrogen and oxygen atoms in total. The molecule has 1 heterocycles. The molecule has 3 N–H and O–H groups in total. The number of nitrogens with zero attached hydrogens (tertiary/aromatic N) is 1. The maximum absolute atomic E-state index is 11.9. The van der Waals surface area contributed by atoms with Gasteiger partial charge in [-0.1, -0.05) is 18.6 Å². The minimum atomic E-state index is -3.43. The smallest absolute Gasteiger partial charge is 0.263 e. The Morgan fingerprint density at radius 1 is 1.32 bits per heavy atom. The van der Waals surface area contributed by atoms with E-state index in [1.165, 1.54) is 0 Å². The van der Waals surface area contributed by atoms with Gasteiger partial charge in [-0.2, -0.15) is 0 Å². The van der Waals surface area contributed by atoms with Gasteiger partial charge >= 0.3 is 0 Å². The van der Waals surface area contributed by atoms with Crippen LogP contribution in [0.15, 0.2) is 34.2 Å². The van der Waals surface area contributed by atoms with Crippen LogP contribution < -0.4 is 10.5 Å². The fourth-order valence-corrected chi connectivity index (χ4v) is 4.00. The number of nitrogens with one attached hydrogen (secondary N) is 1. The van der Waals surface area contributed by atoms with Crippen LogP contribution in [-0.2, 0) is 10.0 Å². The van der Waals surface area contributed by atoms with E-state index in [4.69, 9.17) is 5.73 Å². The van der Waals surface area contributed by atoms with E-state index in [9.17, 15) is 8.42 Å². The normalized spacial score (nSPS) is 30.3. The molecule has 1 fully saturated rings. The Kier molecular flexibility index (Phi) is 3.06. The Bertz CT molecular complexity index is 625. The highest BCUT2D eigenvalue weighted by Crippen LogP contribution is 2.26. The van der Waals surface area contributed by atoms with Crippen LogP contribution in [0.3, 0.4) is 0 Å². The zero-order chi connectivity index (χ0) is 13.5. The molecule has 0 radical (unpaired) electrons. The summed E-state index contributed by atoms with van der Waals surface area (Å²) in [4.78, 5) is 4.75. The highest BCUT2D eigenvalue weighted by atomic mass is 32.2. The van der Waals surface area contributed by atoms with E-state index >= 15 is 0 Å². The van der Waals surface area contributed by atoms with Crippen molar-refractivity contribution in [2.75, 3.05) is 6.54 Å². The molecule has 2 atom stereocenters. The van der Waals surface area contributed by atoms with Gasteiger partial charge in [0, 0.05) is 18.2 Å². The van der Waals surface area contributed by atoms with Crippen LogP contribution in [-0.4, -0.2) is 26.8 Å². The van der Waals surface area contributed by atoms with Crippen LogP contribution >= 0.6 is 0 Å². The molecule has 2 aliphatic rings. The first kappa shape index (κ1) is 12.6. The van der Waals surface area contributed by atoms with Crippen LogP contribution in [0.4, 0.5) is 0 Å².